The van der Waals surface area contributed by atoms with Gasteiger partial charge in [-0.25, -0.2) is 0 Å². The lowest BCUT2D eigenvalue weighted by molar-refractivity contribution is -0.885. The second-order valence-corrected chi connectivity index (χ2v) is 6.35. The van der Waals surface area contributed by atoms with Crippen LogP contribution in [0.25, 0.3) is 0 Å². The number of ether oxygens (including phenoxy) is 2. The summed E-state index contributed by atoms with van der Waals surface area (Å²) in [5.41, 5.74) is 4.17. The Morgan fingerprint density at radius 1 is 1.08 bits per heavy atom. The van der Waals surface area contributed by atoms with Crippen LogP contribution in [0.2, 0.25) is 0 Å². The van der Waals surface area contributed by atoms with Gasteiger partial charge in [0.15, 0.2) is 6.54 Å². The quantitative estimate of drug-likeness (QED) is 0.808. The van der Waals surface area contributed by atoms with Crippen molar-refractivity contribution in [2.45, 2.75) is 20.4 Å². The van der Waals surface area contributed by atoms with Crippen molar-refractivity contribution >= 4 is 11.6 Å². The second-order valence-electron chi connectivity index (χ2n) is 6.35. The molecule has 0 aliphatic heterocycles. The van der Waals surface area contributed by atoms with E-state index in [0.717, 1.165) is 33.2 Å². The summed E-state index contributed by atoms with van der Waals surface area (Å²) in [6.45, 7) is 5.11. The second kappa shape index (κ2) is 8.53. The monoisotopic (exact) mass is 343 g/mol. The van der Waals surface area contributed by atoms with Crippen LogP contribution < -0.4 is 19.7 Å². The fourth-order valence-electron chi connectivity index (χ4n) is 2.81. The van der Waals surface area contributed by atoms with Crippen molar-refractivity contribution in [2.24, 2.45) is 0 Å². The molecule has 2 N–H and O–H groups in total. The number of amides is 1. The van der Waals surface area contributed by atoms with Crippen LogP contribution in [0.3, 0.4) is 0 Å². The standard InChI is InChI=1S/C20H26N2O3/c1-14-6-9-18(15(2)10-14)21-20(23)13-22(3)12-16-7-8-17(24-4)11-19(16)25-5/h6-11H,12-13H2,1-5H3,(H,21,23)/p+1. The summed E-state index contributed by atoms with van der Waals surface area (Å²) in [7, 11) is 5.26. The molecule has 5 nitrogen and oxygen atoms in total. The Morgan fingerprint density at radius 3 is 2.48 bits per heavy atom. The molecule has 134 valence electrons. The van der Waals surface area contributed by atoms with Gasteiger partial charge >= 0.3 is 0 Å². The molecule has 0 aliphatic rings. The molecule has 25 heavy (non-hydrogen) atoms. The molecule has 2 rings (SSSR count). The van der Waals surface area contributed by atoms with Crippen molar-refractivity contribution in [1.82, 2.24) is 0 Å². The average Bonchev–Trinajstić information content (AvgIpc) is 2.57. The maximum absolute atomic E-state index is 12.3. The Bertz CT molecular complexity index is 744. The maximum Gasteiger partial charge on any atom is 0.279 e. The van der Waals surface area contributed by atoms with E-state index < -0.39 is 0 Å². The fraction of sp³-hybridized carbons (Fsp3) is 0.350. The molecular formula is C20H27N2O3+. The summed E-state index contributed by atoms with van der Waals surface area (Å²) in [5, 5.41) is 2.99. The molecule has 0 aliphatic carbocycles. The largest absolute Gasteiger partial charge is 0.497 e. The van der Waals surface area contributed by atoms with Crippen LogP contribution in [-0.4, -0.2) is 33.7 Å². The van der Waals surface area contributed by atoms with Crippen molar-refractivity contribution in [3.8, 4) is 11.5 Å². The summed E-state index contributed by atoms with van der Waals surface area (Å²) < 4.78 is 10.6. The van der Waals surface area contributed by atoms with Gasteiger partial charge in [-0.3, -0.25) is 4.79 Å². The molecule has 0 fully saturated rings. The first-order valence-corrected chi connectivity index (χ1v) is 8.32. The number of benzene rings is 2. The molecule has 2 aromatic rings. The number of quaternary nitrogens is 1. The highest BCUT2D eigenvalue weighted by molar-refractivity contribution is 5.92. The van der Waals surface area contributed by atoms with Gasteiger partial charge in [0.2, 0.25) is 0 Å². The van der Waals surface area contributed by atoms with Crippen LogP contribution in [0.1, 0.15) is 16.7 Å². The van der Waals surface area contributed by atoms with E-state index in [4.69, 9.17) is 9.47 Å². The SMILES string of the molecule is COc1ccc(C[NH+](C)CC(=O)Nc2ccc(C)cc2C)c(OC)c1. The van der Waals surface area contributed by atoms with E-state index in [1.54, 1.807) is 14.2 Å². The molecule has 0 aromatic heterocycles. The summed E-state index contributed by atoms with van der Waals surface area (Å²) >= 11 is 0. The van der Waals surface area contributed by atoms with Gasteiger partial charge in [-0.2, -0.15) is 0 Å². The van der Waals surface area contributed by atoms with Crippen molar-refractivity contribution < 1.29 is 19.2 Å². The summed E-state index contributed by atoms with van der Waals surface area (Å²) in [6, 6.07) is 11.8. The first-order chi connectivity index (χ1) is 11.9. The zero-order chi connectivity index (χ0) is 18.4. The van der Waals surface area contributed by atoms with Crippen LogP contribution in [0.5, 0.6) is 11.5 Å². The smallest absolute Gasteiger partial charge is 0.279 e. The lowest BCUT2D eigenvalue weighted by atomic mass is 10.1. The Labute approximate surface area is 149 Å². The van der Waals surface area contributed by atoms with Gasteiger partial charge in [-0.1, -0.05) is 17.7 Å². The number of methoxy groups -OCH3 is 2. The Morgan fingerprint density at radius 2 is 1.84 bits per heavy atom. The molecule has 1 atom stereocenters. The third kappa shape index (κ3) is 5.22. The first kappa shape index (κ1) is 18.8. The lowest BCUT2D eigenvalue weighted by Gasteiger charge is -2.17. The van der Waals surface area contributed by atoms with Crippen LogP contribution in [0, 0.1) is 13.8 Å². The molecule has 1 amide bonds. The predicted molar refractivity (Wildman–Crippen MR) is 99.5 cm³/mol. The number of likely N-dealkylation sites (N-methyl/N-ethyl adjacent to an activating group) is 1. The average molecular weight is 343 g/mol. The van der Waals surface area contributed by atoms with Crippen LogP contribution in [0.15, 0.2) is 36.4 Å². The maximum atomic E-state index is 12.3. The van der Waals surface area contributed by atoms with Gasteiger partial charge < -0.3 is 19.7 Å². The number of aryl methyl sites for hydroxylation is 2. The molecule has 0 radical (unpaired) electrons. The third-order valence-electron chi connectivity index (χ3n) is 4.10. The van der Waals surface area contributed by atoms with Crippen molar-refractivity contribution in [2.75, 3.05) is 33.1 Å². The minimum atomic E-state index is -0.00284. The zero-order valence-corrected chi connectivity index (χ0v) is 15.6. The number of carbonyl (C=O) groups is 1. The van der Waals surface area contributed by atoms with Gasteiger partial charge in [0, 0.05) is 17.3 Å². The van der Waals surface area contributed by atoms with Gasteiger partial charge in [0.1, 0.15) is 18.0 Å². The number of anilines is 1. The highest BCUT2D eigenvalue weighted by Gasteiger charge is 2.15. The van der Waals surface area contributed by atoms with Gasteiger partial charge in [0.05, 0.1) is 21.3 Å². The minimum Gasteiger partial charge on any atom is -0.497 e. The minimum absolute atomic E-state index is 0.00284. The van der Waals surface area contributed by atoms with E-state index in [-0.39, 0.29) is 5.91 Å². The Hall–Kier alpha value is -2.53. The van der Waals surface area contributed by atoms with E-state index in [9.17, 15) is 4.79 Å². The molecule has 0 saturated heterocycles. The number of rotatable bonds is 7. The molecule has 5 heteroatoms. The predicted octanol–water partition coefficient (Wildman–Crippen LogP) is 1.97. The summed E-state index contributed by atoms with van der Waals surface area (Å²) in [4.78, 5) is 13.4. The molecule has 2 aromatic carbocycles. The van der Waals surface area contributed by atoms with Crippen molar-refractivity contribution in [3.63, 3.8) is 0 Å². The van der Waals surface area contributed by atoms with E-state index in [1.165, 1.54) is 5.56 Å². The topological polar surface area (TPSA) is 52.0 Å². The molecular weight excluding hydrogens is 316 g/mol. The van der Waals surface area contributed by atoms with Crippen molar-refractivity contribution in [3.05, 3.63) is 53.1 Å². The van der Waals surface area contributed by atoms with Crippen LogP contribution in [-0.2, 0) is 11.3 Å². The fourth-order valence-corrected chi connectivity index (χ4v) is 2.81. The number of hydrogen-bond donors (Lipinski definition) is 2. The van der Waals surface area contributed by atoms with Crippen LogP contribution >= 0.6 is 0 Å². The van der Waals surface area contributed by atoms with Crippen molar-refractivity contribution in [1.29, 1.82) is 0 Å². The van der Waals surface area contributed by atoms with Gasteiger partial charge in [-0.15, -0.1) is 0 Å². The molecule has 0 spiro atoms. The van der Waals surface area contributed by atoms with Gasteiger partial charge in [0.25, 0.3) is 5.91 Å². The molecule has 1 unspecified atom stereocenters. The number of carbonyl (C=O) groups excluding carboxylic acids is 1. The Balaban J connectivity index is 1.97. The Kier molecular flexibility index (Phi) is 6.42. The van der Waals surface area contributed by atoms with Crippen LogP contribution in [0.4, 0.5) is 5.69 Å². The molecule has 0 saturated carbocycles. The molecule has 0 heterocycles. The van der Waals surface area contributed by atoms with E-state index in [0.29, 0.717) is 13.1 Å². The number of nitrogens with one attached hydrogen (secondary N) is 2. The van der Waals surface area contributed by atoms with E-state index in [2.05, 4.69) is 11.4 Å². The number of hydrogen-bond acceptors (Lipinski definition) is 3. The lowest BCUT2D eigenvalue weighted by Crippen LogP contribution is -3.08. The third-order valence-corrected chi connectivity index (χ3v) is 4.10. The highest BCUT2D eigenvalue weighted by Crippen LogP contribution is 2.23. The molecule has 0 bridgehead atoms. The summed E-state index contributed by atoms with van der Waals surface area (Å²) in [5.74, 6) is 1.52. The summed E-state index contributed by atoms with van der Waals surface area (Å²) in [6.07, 6.45) is 0. The van der Waals surface area contributed by atoms with Gasteiger partial charge in [-0.05, 0) is 37.6 Å². The highest BCUT2D eigenvalue weighted by atomic mass is 16.5. The first-order valence-electron chi connectivity index (χ1n) is 8.32. The van der Waals surface area contributed by atoms with E-state index in [1.807, 2.05) is 51.2 Å². The normalized spacial score (nSPS) is 11.7. The zero-order valence-electron chi connectivity index (χ0n) is 15.6. The van der Waals surface area contributed by atoms with E-state index >= 15 is 0 Å².